The van der Waals surface area contributed by atoms with Crippen LogP contribution in [0.2, 0.25) is 0 Å². The SMILES string of the molecule is O=c1[nH]nc(-c2ccc(F)cc2)c2cnc(-n3cccn3)nc12. The second-order valence-electron chi connectivity index (χ2n) is 4.79. The lowest BCUT2D eigenvalue weighted by Gasteiger charge is -2.06. The highest BCUT2D eigenvalue weighted by atomic mass is 19.1. The number of benzene rings is 1. The third kappa shape index (κ3) is 2.26. The first-order valence-corrected chi connectivity index (χ1v) is 6.74. The van der Waals surface area contributed by atoms with Crippen LogP contribution in [0.5, 0.6) is 0 Å². The maximum absolute atomic E-state index is 13.1. The number of halogens is 1. The molecule has 0 amide bonds. The molecule has 0 atom stereocenters. The standard InChI is InChI=1S/C15H9FN6O/c16-10-4-2-9(3-5-10)12-11-8-17-15(22-7-1-6-18-22)19-13(11)14(23)21-20-12/h1-8H,(H,21,23). The lowest BCUT2D eigenvalue weighted by molar-refractivity contribution is 0.628. The minimum absolute atomic E-state index is 0.194. The first-order valence-electron chi connectivity index (χ1n) is 6.74. The smallest absolute Gasteiger partial charge is 0.266 e. The van der Waals surface area contributed by atoms with Gasteiger partial charge in [0.2, 0.25) is 0 Å². The second kappa shape index (κ2) is 5.09. The van der Waals surface area contributed by atoms with Crippen LogP contribution in [0, 0.1) is 5.82 Å². The lowest BCUT2D eigenvalue weighted by Crippen LogP contribution is -2.13. The van der Waals surface area contributed by atoms with Crippen molar-refractivity contribution in [1.29, 1.82) is 0 Å². The van der Waals surface area contributed by atoms with E-state index < -0.39 is 5.56 Å². The van der Waals surface area contributed by atoms with E-state index in [1.54, 1.807) is 30.6 Å². The molecule has 7 nitrogen and oxygen atoms in total. The van der Waals surface area contributed by atoms with Crippen molar-refractivity contribution in [3.8, 4) is 17.2 Å². The number of hydrogen-bond acceptors (Lipinski definition) is 5. The van der Waals surface area contributed by atoms with Crippen molar-refractivity contribution in [3.63, 3.8) is 0 Å². The van der Waals surface area contributed by atoms with Gasteiger partial charge in [0.15, 0.2) is 0 Å². The van der Waals surface area contributed by atoms with Crippen LogP contribution in [-0.4, -0.2) is 29.9 Å². The molecule has 3 aromatic heterocycles. The molecule has 0 saturated heterocycles. The van der Waals surface area contributed by atoms with E-state index in [1.165, 1.54) is 23.0 Å². The summed E-state index contributed by atoms with van der Waals surface area (Å²) in [7, 11) is 0. The molecule has 4 aromatic rings. The van der Waals surface area contributed by atoms with Crippen LogP contribution < -0.4 is 5.56 Å². The quantitative estimate of drug-likeness (QED) is 0.609. The van der Waals surface area contributed by atoms with Crippen LogP contribution in [0.3, 0.4) is 0 Å². The number of nitrogens with one attached hydrogen (secondary N) is 1. The van der Waals surface area contributed by atoms with E-state index in [2.05, 4.69) is 25.3 Å². The van der Waals surface area contributed by atoms with Gasteiger partial charge in [0.25, 0.3) is 11.5 Å². The van der Waals surface area contributed by atoms with Gasteiger partial charge < -0.3 is 0 Å². The van der Waals surface area contributed by atoms with Crippen LogP contribution in [-0.2, 0) is 0 Å². The zero-order valence-corrected chi connectivity index (χ0v) is 11.6. The Bertz CT molecular complexity index is 1040. The lowest BCUT2D eigenvalue weighted by atomic mass is 10.1. The van der Waals surface area contributed by atoms with Crippen molar-refractivity contribution < 1.29 is 4.39 Å². The maximum Gasteiger partial charge on any atom is 0.290 e. The van der Waals surface area contributed by atoms with Gasteiger partial charge in [0, 0.05) is 24.2 Å². The van der Waals surface area contributed by atoms with Crippen molar-refractivity contribution in [2.75, 3.05) is 0 Å². The molecule has 1 aromatic carbocycles. The van der Waals surface area contributed by atoms with Crippen LogP contribution in [0.4, 0.5) is 4.39 Å². The second-order valence-corrected chi connectivity index (χ2v) is 4.79. The van der Waals surface area contributed by atoms with E-state index in [0.29, 0.717) is 16.6 Å². The molecule has 0 aliphatic heterocycles. The molecule has 0 bridgehead atoms. The van der Waals surface area contributed by atoms with E-state index in [1.807, 2.05) is 0 Å². The molecule has 8 heteroatoms. The number of aromatic nitrogens is 6. The maximum atomic E-state index is 13.1. The minimum Gasteiger partial charge on any atom is -0.266 e. The first-order chi connectivity index (χ1) is 11.2. The van der Waals surface area contributed by atoms with Gasteiger partial charge >= 0.3 is 0 Å². The van der Waals surface area contributed by atoms with Gasteiger partial charge in [-0.3, -0.25) is 4.79 Å². The Morgan fingerprint density at radius 1 is 1.17 bits per heavy atom. The molecule has 1 N–H and O–H groups in total. The number of rotatable bonds is 2. The highest BCUT2D eigenvalue weighted by molar-refractivity contribution is 5.90. The number of nitrogens with zero attached hydrogens (tertiary/aromatic N) is 5. The number of fused-ring (bicyclic) bond motifs is 1. The minimum atomic E-state index is -0.429. The van der Waals surface area contributed by atoms with Gasteiger partial charge in [0.05, 0.1) is 5.39 Å². The Balaban J connectivity index is 1.96. The highest BCUT2D eigenvalue weighted by Gasteiger charge is 2.12. The zero-order chi connectivity index (χ0) is 15.8. The van der Waals surface area contributed by atoms with E-state index in [-0.39, 0.29) is 17.3 Å². The molecule has 23 heavy (non-hydrogen) atoms. The molecule has 4 rings (SSSR count). The number of H-pyrrole nitrogens is 1. The van der Waals surface area contributed by atoms with Gasteiger partial charge in [0.1, 0.15) is 17.0 Å². The van der Waals surface area contributed by atoms with Crippen LogP contribution in [0.25, 0.3) is 28.1 Å². The summed E-state index contributed by atoms with van der Waals surface area (Å²) in [6.45, 7) is 0. The Morgan fingerprint density at radius 3 is 2.74 bits per heavy atom. The molecule has 0 spiro atoms. The summed E-state index contributed by atoms with van der Waals surface area (Å²) in [6, 6.07) is 7.54. The summed E-state index contributed by atoms with van der Waals surface area (Å²) >= 11 is 0. The largest absolute Gasteiger partial charge is 0.290 e. The molecule has 0 aliphatic carbocycles. The summed E-state index contributed by atoms with van der Waals surface area (Å²) in [5.41, 5.74) is 0.899. The molecule has 0 radical (unpaired) electrons. The fraction of sp³-hybridized carbons (Fsp3) is 0. The summed E-state index contributed by atoms with van der Waals surface area (Å²) in [5.74, 6) is -0.0658. The van der Waals surface area contributed by atoms with Crippen LogP contribution in [0.15, 0.2) is 53.7 Å². The summed E-state index contributed by atoms with van der Waals surface area (Å²) < 4.78 is 14.5. The zero-order valence-electron chi connectivity index (χ0n) is 11.6. The monoisotopic (exact) mass is 308 g/mol. The highest BCUT2D eigenvalue weighted by Crippen LogP contribution is 2.23. The number of hydrogen-bond donors (Lipinski definition) is 1. The van der Waals surface area contributed by atoms with Crippen molar-refractivity contribution >= 4 is 10.9 Å². The Labute approximate surface area is 128 Å². The van der Waals surface area contributed by atoms with Gasteiger partial charge in [-0.2, -0.15) is 10.2 Å². The van der Waals surface area contributed by atoms with E-state index in [4.69, 9.17) is 0 Å². The molecular formula is C15H9FN6O. The molecule has 0 fully saturated rings. The topological polar surface area (TPSA) is 89.4 Å². The molecular weight excluding hydrogens is 299 g/mol. The molecule has 3 heterocycles. The predicted octanol–water partition coefficient (Wildman–Crippen LogP) is 1.70. The van der Waals surface area contributed by atoms with Gasteiger partial charge in [-0.05, 0) is 30.3 Å². The fourth-order valence-electron chi connectivity index (χ4n) is 2.26. The summed E-state index contributed by atoms with van der Waals surface area (Å²) in [5, 5.41) is 11.0. The fourth-order valence-corrected chi connectivity index (χ4v) is 2.26. The third-order valence-electron chi connectivity index (χ3n) is 3.34. The normalized spacial score (nSPS) is 11.0. The van der Waals surface area contributed by atoms with Crippen molar-refractivity contribution in [2.24, 2.45) is 0 Å². The van der Waals surface area contributed by atoms with Gasteiger partial charge in [-0.15, -0.1) is 0 Å². The third-order valence-corrected chi connectivity index (χ3v) is 3.34. The van der Waals surface area contributed by atoms with Gasteiger partial charge in [-0.25, -0.2) is 24.1 Å². The Kier molecular flexibility index (Phi) is 2.94. The molecule has 0 unspecified atom stereocenters. The molecule has 112 valence electrons. The number of aromatic amines is 1. The molecule has 0 aliphatic rings. The van der Waals surface area contributed by atoms with Crippen molar-refractivity contribution in [2.45, 2.75) is 0 Å². The van der Waals surface area contributed by atoms with Crippen molar-refractivity contribution in [3.05, 3.63) is 65.1 Å². The van der Waals surface area contributed by atoms with Crippen LogP contribution in [0.1, 0.15) is 0 Å². The van der Waals surface area contributed by atoms with Crippen molar-refractivity contribution in [1.82, 2.24) is 29.9 Å². The van der Waals surface area contributed by atoms with Gasteiger partial charge in [-0.1, -0.05) is 0 Å². The van der Waals surface area contributed by atoms with E-state index in [0.717, 1.165) is 0 Å². The predicted molar refractivity (Wildman–Crippen MR) is 80.5 cm³/mol. The Hall–Kier alpha value is -3.42. The Morgan fingerprint density at radius 2 is 2.00 bits per heavy atom. The summed E-state index contributed by atoms with van der Waals surface area (Å²) in [6.07, 6.45) is 4.78. The summed E-state index contributed by atoms with van der Waals surface area (Å²) in [4.78, 5) is 20.5. The van der Waals surface area contributed by atoms with E-state index >= 15 is 0 Å². The molecule has 0 saturated carbocycles. The average molecular weight is 308 g/mol. The average Bonchev–Trinajstić information content (AvgIpc) is 3.11. The van der Waals surface area contributed by atoms with E-state index in [9.17, 15) is 9.18 Å². The first kappa shape index (κ1) is 13.3. The van der Waals surface area contributed by atoms with Crippen LogP contribution >= 0.6 is 0 Å².